The van der Waals surface area contributed by atoms with Crippen molar-refractivity contribution < 1.29 is 14.3 Å². The Balaban J connectivity index is 2.60. The fourth-order valence-electron chi connectivity index (χ4n) is 3.22. The van der Waals surface area contributed by atoms with Gasteiger partial charge in [0.25, 0.3) is 5.56 Å². The molecule has 0 fully saturated rings. The number of aryl methyl sites for hydroxylation is 1. The number of hydrogen-bond acceptors (Lipinski definition) is 5. The second-order valence-corrected chi connectivity index (χ2v) is 6.96. The van der Waals surface area contributed by atoms with Gasteiger partial charge in [-0.3, -0.25) is 18.7 Å². The summed E-state index contributed by atoms with van der Waals surface area (Å²) in [6, 6.07) is 3.21. The molecular formula is C21H31N3O5. The van der Waals surface area contributed by atoms with Gasteiger partial charge in [-0.2, -0.15) is 0 Å². The zero-order valence-corrected chi connectivity index (χ0v) is 17.7. The number of nitrogens with zero attached hydrogens (tertiary/aromatic N) is 2. The summed E-state index contributed by atoms with van der Waals surface area (Å²) < 4.78 is 13.2. The molecule has 160 valence electrons. The van der Waals surface area contributed by atoms with Crippen molar-refractivity contribution in [1.82, 2.24) is 14.5 Å². The van der Waals surface area contributed by atoms with Crippen LogP contribution >= 0.6 is 0 Å². The molecule has 29 heavy (non-hydrogen) atoms. The van der Waals surface area contributed by atoms with Gasteiger partial charge in [-0.05, 0) is 18.9 Å². The minimum Gasteiger partial charge on any atom is -0.493 e. The molecular weight excluding hydrogens is 374 g/mol. The molecule has 0 saturated carbocycles. The average molecular weight is 405 g/mol. The number of nitrogens with one attached hydrogen (secondary N) is 1. The van der Waals surface area contributed by atoms with Crippen molar-refractivity contribution in [3.05, 3.63) is 33.0 Å². The van der Waals surface area contributed by atoms with Crippen molar-refractivity contribution in [3.63, 3.8) is 0 Å². The van der Waals surface area contributed by atoms with Crippen LogP contribution in [0, 0.1) is 0 Å². The fraction of sp³-hybridized carbons (Fsp3) is 0.571. The van der Waals surface area contributed by atoms with Crippen LogP contribution in [0.1, 0.15) is 46.0 Å². The van der Waals surface area contributed by atoms with Gasteiger partial charge < -0.3 is 14.8 Å². The van der Waals surface area contributed by atoms with Gasteiger partial charge in [0, 0.05) is 19.2 Å². The summed E-state index contributed by atoms with van der Waals surface area (Å²) in [6.07, 6.45) is 4.54. The second kappa shape index (κ2) is 10.7. The van der Waals surface area contributed by atoms with E-state index in [2.05, 4.69) is 12.2 Å². The lowest BCUT2D eigenvalue weighted by atomic mass is 10.2. The molecule has 0 aliphatic heterocycles. The van der Waals surface area contributed by atoms with E-state index in [0.29, 0.717) is 35.5 Å². The SMILES string of the molecule is CCCCCn1c(=O)n(CC(=O)NCCCC)c(=O)c2cc(OC)c(OC)cc21. The predicted molar refractivity (Wildman–Crippen MR) is 113 cm³/mol. The third-order valence-corrected chi connectivity index (χ3v) is 4.87. The first-order valence-electron chi connectivity index (χ1n) is 10.1. The van der Waals surface area contributed by atoms with Gasteiger partial charge in [0.1, 0.15) is 6.54 Å². The van der Waals surface area contributed by atoms with Crippen molar-refractivity contribution in [1.29, 1.82) is 0 Å². The minimum absolute atomic E-state index is 0.306. The van der Waals surface area contributed by atoms with Crippen LogP contribution in [0.25, 0.3) is 10.9 Å². The highest BCUT2D eigenvalue weighted by Gasteiger charge is 2.18. The molecule has 0 radical (unpaired) electrons. The monoisotopic (exact) mass is 405 g/mol. The summed E-state index contributed by atoms with van der Waals surface area (Å²) in [6.45, 7) is 4.77. The fourth-order valence-corrected chi connectivity index (χ4v) is 3.22. The van der Waals surface area contributed by atoms with E-state index in [4.69, 9.17) is 9.47 Å². The molecule has 0 bridgehead atoms. The summed E-state index contributed by atoms with van der Waals surface area (Å²) in [5.41, 5.74) is -0.517. The first-order chi connectivity index (χ1) is 14.0. The van der Waals surface area contributed by atoms with Crippen LogP contribution < -0.4 is 26.0 Å². The van der Waals surface area contributed by atoms with Gasteiger partial charge in [-0.25, -0.2) is 4.79 Å². The van der Waals surface area contributed by atoms with Crippen molar-refractivity contribution in [2.24, 2.45) is 0 Å². The molecule has 8 heteroatoms. The van der Waals surface area contributed by atoms with Gasteiger partial charge in [0.2, 0.25) is 5.91 Å². The van der Waals surface area contributed by atoms with Gasteiger partial charge in [0.05, 0.1) is 25.1 Å². The number of aromatic nitrogens is 2. The Morgan fingerprint density at radius 3 is 2.24 bits per heavy atom. The van der Waals surface area contributed by atoms with E-state index in [1.807, 2.05) is 6.92 Å². The van der Waals surface area contributed by atoms with Crippen molar-refractivity contribution >= 4 is 16.8 Å². The lowest BCUT2D eigenvalue weighted by Gasteiger charge is -2.16. The van der Waals surface area contributed by atoms with Crippen LogP contribution in [0.4, 0.5) is 0 Å². The molecule has 8 nitrogen and oxygen atoms in total. The van der Waals surface area contributed by atoms with Gasteiger partial charge >= 0.3 is 5.69 Å². The molecule has 0 unspecified atom stereocenters. The zero-order valence-electron chi connectivity index (χ0n) is 17.7. The number of unbranched alkanes of at least 4 members (excludes halogenated alkanes) is 3. The molecule has 2 rings (SSSR count). The van der Waals surface area contributed by atoms with E-state index >= 15 is 0 Å². The number of carbonyl (C=O) groups excluding carboxylic acids is 1. The lowest BCUT2D eigenvalue weighted by molar-refractivity contribution is -0.121. The number of amides is 1. The minimum atomic E-state index is -0.511. The molecule has 0 atom stereocenters. The van der Waals surface area contributed by atoms with E-state index in [1.165, 1.54) is 14.2 Å². The summed E-state index contributed by atoms with van der Waals surface area (Å²) >= 11 is 0. The number of carbonyl (C=O) groups is 1. The van der Waals surface area contributed by atoms with Crippen LogP contribution in [-0.2, 0) is 17.9 Å². The molecule has 1 amide bonds. The lowest BCUT2D eigenvalue weighted by Crippen LogP contribution is -2.44. The Bertz CT molecular complexity index is 961. The molecule has 2 aromatic rings. The smallest absolute Gasteiger partial charge is 0.331 e. The topological polar surface area (TPSA) is 91.6 Å². The Morgan fingerprint density at radius 1 is 0.966 bits per heavy atom. The molecule has 0 aliphatic rings. The van der Waals surface area contributed by atoms with E-state index in [9.17, 15) is 14.4 Å². The first-order valence-corrected chi connectivity index (χ1v) is 10.1. The molecule has 0 aliphatic carbocycles. The van der Waals surface area contributed by atoms with Crippen molar-refractivity contribution in [2.75, 3.05) is 20.8 Å². The highest BCUT2D eigenvalue weighted by atomic mass is 16.5. The van der Waals surface area contributed by atoms with Gasteiger partial charge in [-0.1, -0.05) is 33.1 Å². The maximum atomic E-state index is 13.1. The Morgan fingerprint density at radius 2 is 1.62 bits per heavy atom. The largest absolute Gasteiger partial charge is 0.493 e. The summed E-state index contributed by atoms with van der Waals surface area (Å²) in [4.78, 5) is 38.4. The third-order valence-electron chi connectivity index (χ3n) is 4.87. The maximum absolute atomic E-state index is 13.1. The standard InChI is InChI=1S/C21H31N3O5/c1-5-7-9-11-23-16-13-18(29-4)17(28-3)12-15(16)20(26)24(21(23)27)14-19(25)22-10-8-6-2/h12-13H,5-11,14H2,1-4H3,(H,22,25). The van der Waals surface area contributed by atoms with E-state index in [-0.39, 0.29) is 12.5 Å². The second-order valence-electron chi connectivity index (χ2n) is 6.96. The average Bonchev–Trinajstić information content (AvgIpc) is 2.72. The van der Waals surface area contributed by atoms with Gasteiger partial charge in [0.15, 0.2) is 11.5 Å². The Hall–Kier alpha value is -2.77. The molecule has 1 aromatic carbocycles. The van der Waals surface area contributed by atoms with Crippen LogP contribution in [0.3, 0.4) is 0 Å². The van der Waals surface area contributed by atoms with Crippen LogP contribution in [-0.4, -0.2) is 35.8 Å². The summed E-state index contributed by atoms with van der Waals surface area (Å²) in [5, 5.41) is 3.08. The van der Waals surface area contributed by atoms with Crippen molar-refractivity contribution in [3.8, 4) is 11.5 Å². The predicted octanol–water partition coefficient (Wildman–Crippen LogP) is 2.29. The van der Waals surface area contributed by atoms with E-state index in [0.717, 1.165) is 36.7 Å². The Labute approximate surface area is 170 Å². The summed E-state index contributed by atoms with van der Waals surface area (Å²) in [5.74, 6) is 0.491. The number of ether oxygens (including phenoxy) is 2. The molecule has 0 spiro atoms. The number of hydrogen-bond donors (Lipinski definition) is 1. The maximum Gasteiger partial charge on any atom is 0.331 e. The van der Waals surface area contributed by atoms with Crippen molar-refractivity contribution in [2.45, 2.75) is 59.0 Å². The van der Waals surface area contributed by atoms with Crippen LogP contribution in [0.15, 0.2) is 21.7 Å². The van der Waals surface area contributed by atoms with Crippen LogP contribution in [0.2, 0.25) is 0 Å². The third kappa shape index (κ3) is 5.19. The number of fused-ring (bicyclic) bond motifs is 1. The number of rotatable bonds is 11. The van der Waals surface area contributed by atoms with Crippen LogP contribution in [0.5, 0.6) is 11.5 Å². The molecule has 0 saturated heterocycles. The normalized spacial score (nSPS) is 10.9. The first kappa shape index (κ1) is 22.5. The quantitative estimate of drug-likeness (QED) is 0.579. The highest BCUT2D eigenvalue weighted by molar-refractivity contribution is 5.83. The van der Waals surface area contributed by atoms with Gasteiger partial charge in [-0.15, -0.1) is 0 Å². The summed E-state index contributed by atoms with van der Waals surface area (Å²) in [7, 11) is 2.99. The molecule has 1 aromatic heterocycles. The molecule has 1 N–H and O–H groups in total. The Kier molecular flexibility index (Phi) is 8.30. The van der Waals surface area contributed by atoms with E-state index < -0.39 is 11.2 Å². The molecule has 1 heterocycles. The zero-order chi connectivity index (χ0) is 21.4. The number of benzene rings is 1. The highest BCUT2D eigenvalue weighted by Crippen LogP contribution is 2.30. The van der Waals surface area contributed by atoms with E-state index in [1.54, 1.807) is 16.7 Å². The number of methoxy groups -OCH3 is 2.